The normalized spacial score (nSPS) is 12.3. The summed E-state index contributed by atoms with van der Waals surface area (Å²) in [5.74, 6) is 0. The molecule has 0 radical (unpaired) electrons. The Labute approximate surface area is 175 Å². The van der Waals surface area contributed by atoms with Gasteiger partial charge in [-0.15, -0.1) is 22.2 Å². The first-order valence-corrected chi connectivity index (χ1v) is 17.0. The van der Waals surface area contributed by atoms with E-state index in [1.165, 1.54) is 10.4 Å². The Morgan fingerprint density at radius 2 is 1.04 bits per heavy atom. The molecule has 0 spiro atoms. The molecule has 0 N–H and O–H groups in total. The molecule has 3 aromatic rings. The van der Waals surface area contributed by atoms with Gasteiger partial charge in [0.2, 0.25) is 0 Å². The average Bonchev–Trinajstić information content (AvgIpc) is 2.64. The summed E-state index contributed by atoms with van der Waals surface area (Å²) in [6, 6.07) is 25.5. The fraction of sp³-hybridized carbons (Fsp3) is 0.0526. The Kier molecular flexibility index (Phi) is 6.66. The summed E-state index contributed by atoms with van der Waals surface area (Å²) in [4.78, 5) is 2.24. The Morgan fingerprint density at radius 3 is 1.42 bits per heavy atom. The van der Waals surface area contributed by atoms with Crippen LogP contribution in [0.1, 0.15) is 0 Å². The number of benzene rings is 3. The van der Waals surface area contributed by atoms with E-state index in [-0.39, 0.29) is 0 Å². The topological polar surface area (TPSA) is 3.24 Å². The molecule has 26 heavy (non-hydrogen) atoms. The zero-order valence-electron chi connectivity index (χ0n) is 14.7. The van der Waals surface area contributed by atoms with E-state index in [0.29, 0.717) is 0 Å². The fourth-order valence-corrected chi connectivity index (χ4v) is 5.65. The molecule has 0 amide bonds. The van der Waals surface area contributed by atoms with E-state index in [0.717, 1.165) is 32.5 Å². The lowest BCUT2D eigenvalue weighted by molar-refractivity contribution is 1.29. The third-order valence-corrected chi connectivity index (χ3v) is 9.43. The number of anilines is 3. The molecule has 0 saturated carbocycles. The minimum absolute atomic E-state index is 1.03. The number of rotatable bonds is 5. The first-order chi connectivity index (χ1) is 12.5. The molecule has 134 valence electrons. The van der Waals surface area contributed by atoms with Gasteiger partial charge in [0, 0.05) is 27.3 Å². The van der Waals surface area contributed by atoms with Gasteiger partial charge in [0.1, 0.15) is 0 Å². The molecule has 0 fully saturated rings. The summed E-state index contributed by atoms with van der Waals surface area (Å²) in [7, 11) is -2.11. The Balaban J connectivity index is 2.05. The molecule has 0 saturated heterocycles. The van der Waals surface area contributed by atoms with Crippen molar-refractivity contribution in [3.05, 3.63) is 72.8 Å². The second-order valence-corrected chi connectivity index (χ2v) is 15.8. The SMILES string of the molecule is C[SiH](Cl)c1ccc(N(c2ccc([SiH3])cc2)c2ccc([SiH](Cl)Cl)cc2)cc1. The molecule has 1 atom stereocenters. The van der Waals surface area contributed by atoms with E-state index in [1.807, 2.05) is 12.1 Å². The van der Waals surface area contributed by atoms with Gasteiger partial charge in [0.25, 0.3) is 7.42 Å². The van der Waals surface area contributed by atoms with E-state index in [2.05, 4.69) is 72.1 Å². The third-order valence-electron chi connectivity index (χ3n) is 4.31. The predicted octanol–water partition coefficient (Wildman–Crippen LogP) is 2.85. The van der Waals surface area contributed by atoms with Crippen molar-refractivity contribution in [3.8, 4) is 0 Å². The molecular weight excluding hydrogens is 433 g/mol. The second-order valence-electron chi connectivity index (χ2n) is 6.27. The summed E-state index contributed by atoms with van der Waals surface area (Å²) in [6.07, 6.45) is 0. The molecule has 1 unspecified atom stereocenters. The van der Waals surface area contributed by atoms with Crippen molar-refractivity contribution in [1.29, 1.82) is 0 Å². The summed E-state index contributed by atoms with van der Waals surface area (Å²) in [6.45, 7) is 2.12. The molecule has 0 heterocycles. The van der Waals surface area contributed by atoms with Crippen molar-refractivity contribution in [2.75, 3.05) is 4.90 Å². The molecule has 3 rings (SSSR count). The monoisotopic (exact) mass is 451 g/mol. The minimum atomic E-state index is -1.83. The van der Waals surface area contributed by atoms with Crippen LogP contribution in [0.5, 0.6) is 0 Å². The van der Waals surface area contributed by atoms with Crippen LogP contribution in [0.3, 0.4) is 0 Å². The quantitative estimate of drug-likeness (QED) is 0.425. The predicted molar refractivity (Wildman–Crippen MR) is 128 cm³/mol. The van der Waals surface area contributed by atoms with Crippen LogP contribution in [0.15, 0.2) is 72.8 Å². The number of halogens is 3. The van der Waals surface area contributed by atoms with Gasteiger partial charge in [-0.05, 0) is 46.8 Å². The van der Waals surface area contributed by atoms with Gasteiger partial charge < -0.3 is 4.90 Å². The molecule has 1 nitrogen and oxygen atoms in total. The molecule has 0 aliphatic carbocycles. The Bertz CT molecular complexity index is 799. The van der Waals surface area contributed by atoms with Gasteiger partial charge >= 0.3 is 0 Å². The number of hydrogen-bond acceptors (Lipinski definition) is 1. The van der Waals surface area contributed by atoms with Crippen molar-refractivity contribution in [1.82, 2.24) is 0 Å². The van der Waals surface area contributed by atoms with Gasteiger partial charge in [-0.1, -0.05) is 48.1 Å². The summed E-state index contributed by atoms with van der Waals surface area (Å²) < 4.78 is 0. The maximum absolute atomic E-state index is 6.34. The smallest absolute Gasteiger partial charge is 0.266 e. The lowest BCUT2D eigenvalue weighted by atomic mass is 10.2. The molecule has 0 aromatic heterocycles. The first-order valence-electron chi connectivity index (χ1n) is 8.44. The van der Waals surface area contributed by atoms with Gasteiger partial charge in [0.05, 0.1) is 0 Å². The van der Waals surface area contributed by atoms with Gasteiger partial charge in [0.15, 0.2) is 8.11 Å². The molecule has 0 aliphatic rings. The highest BCUT2D eigenvalue weighted by Gasteiger charge is 2.14. The van der Waals surface area contributed by atoms with Gasteiger partial charge in [-0.25, -0.2) is 0 Å². The maximum atomic E-state index is 6.34. The third kappa shape index (κ3) is 4.63. The van der Waals surface area contributed by atoms with E-state index in [4.69, 9.17) is 33.2 Å². The van der Waals surface area contributed by atoms with E-state index in [9.17, 15) is 0 Å². The van der Waals surface area contributed by atoms with Crippen molar-refractivity contribution in [3.63, 3.8) is 0 Å². The van der Waals surface area contributed by atoms with Crippen molar-refractivity contribution in [2.45, 2.75) is 6.55 Å². The highest BCUT2D eigenvalue weighted by molar-refractivity contribution is 7.39. The van der Waals surface area contributed by atoms with E-state index < -0.39 is 15.5 Å². The number of hydrogen-bond donors (Lipinski definition) is 0. The van der Waals surface area contributed by atoms with Crippen molar-refractivity contribution < 1.29 is 0 Å². The highest BCUT2D eigenvalue weighted by Crippen LogP contribution is 2.33. The highest BCUT2D eigenvalue weighted by atomic mass is 35.7. The lowest BCUT2D eigenvalue weighted by Gasteiger charge is -2.26. The van der Waals surface area contributed by atoms with Crippen LogP contribution in [-0.4, -0.2) is 25.8 Å². The van der Waals surface area contributed by atoms with Crippen LogP contribution < -0.4 is 20.5 Å². The summed E-state index contributed by atoms with van der Waals surface area (Å²) >= 11 is 18.6. The van der Waals surface area contributed by atoms with Crippen LogP contribution in [0.4, 0.5) is 17.1 Å². The van der Waals surface area contributed by atoms with Crippen molar-refractivity contribution >= 4 is 91.6 Å². The molecule has 0 bridgehead atoms. The number of nitrogens with zero attached hydrogens (tertiary/aromatic N) is 1. The van der Waals surface area contributed by atoms with E-state index >= 15 is 0 Å². The zero-order chi connectivity index (χ0) is 18.7. The summed E-state index contributed by atoms with van der Waals surface area (Å²) in [5, 5.41) is 3.66. The van der Waals surface area contributed by atoms with Crippen LogP contribution in [0.2, 0.25) is 6.55 Å². The molecule has 3 aromatic carbocycles. The lowest BCUT2D eigenvalue weighted by Crippen LogP contribution is -2.21. The molecular formula is C19H20Cl3NSi3. The van der Waals surface area contributed by atoms with Crippen LogP contribution in [0.25, 0.3) is 0 Å². The first kappa shape index (κ1) is 19.7. The average molecular weight is 453 g/mol. The van der Waals surface area contributed by atoms with E-state index in [1.54, 1.807) is 0 Å². The van der Waals surface area contributed by atoms with Crippen molar-refractivity contribution in [2.24, 2.45) is 0 Å². The largest absolute Gasteiger partial charge is 0.311 e. The summed E-state index contributed by atoms with van der Waals surface area (Å²) in [5.41, 5.74) is 3.33. The minimum Gasteiger partial charge on any atom is -0.311 e. The standard InChI is InChI=1S/C19H20Cl3NSi3/c1-25(20)18-10-4-15(5-11-18)23(14-2-8-17(24)9-3-14)16-6-12-19(13-7-16)26(21)22/h2-13,25-26H,1,24H3. The molecule has 7 heteroatoms. The fourth-order valence-electron chi connectivity index (χ4n) is 2.80. The van der Waals surface area contributed by atoms with Crippen LogP contribution in [0, 0.1) is 0 Å². The zero-order valence-corrected chi connectivity index (χ0v) is 21.2. The second kappa shape index (κ2) is 8.78. The molecule has 0 aliphatic heterocycles. The van der Waals surface area contributed by atoms with Gasteiger partial charge in [-0.2, -0.15) is 11.1 Å². The Hall–Kier alpha value is -1.02. The van der Waals surface area contributed by atoms with Crippen LogP contribution >= 0.6 is 33.2 Å². The van der Waals surface area contributed by atoms with Crippen LogP contribution in [-0.2, 0) is 0 Å². The van der Waals surface area contributed by atoms with Gasteiger partial charge in [-0.3, -0.25) is 0 Å². The maximum Gasteiger partial charge on any atom is 0.266 e. The Morgan fingerprint density at radius 1 is 0.654 bits per heavy atom.